The smallest absolute Gasteiger partial charge is 0.0281 e. The molecule has 0 radical (unpaired) electrons. The van der Waals surface area contributed by atoms with Crippen molar-refractivity contribution in [1.29, 1.82) is 0 Å². The summed E-state index contributed by atoms with van der Waals surface area (Å²) in [5.74, 6) is 1.69. The minimum Gasteiger partial charge on any atom is -0.275 e. The minimum absolute atomic E-state index is 0.453. The van der Waals surface area contributed by atoms with Crippen molar-refractivity contribution >= 4 is 18.7 Å². The van der Waals surface area contributed by atoms with Crippen LogP contribution in [0.25, 0.3) is 0 Å². The first-order valence-electron chi connectivity index (χ1n) is 8.81. The van der Waals surface area contributed by atoms with Gasteiger partial charge < -0.3 is 0 Å². The van der Waals surface area contributed by atoms with Gasteiger partial charge >= 0.3 is 0 Å². The maximum absolute atomic E-state index is 2.66. The summed E-state index contributed by atoms with van der Waals surface area (Å²) in [5, 5.41) is 2.90. The first kappa shape index (κ1) is 16.7. The van der Waals surface area contributed by atoms with Gasteiger partial charge in [0, 0.05) is 14.1 Å². The molecule has 0 amide bonds. The Morgan fingerprint density at radius 1 is 0.913 bits per heavy atom. The molecule has 1 aliphatic carbocycles. The van der Waals surface area contributed by atoms with E-state index in [0.29, 0.717) is 6.04 Å². The second-order valence-electron chi connectivity index (χ2n) is 6.87. The molecule has 0 aliphatic heterocycles. The standard InChI is InChI=1S/C21H28NP/c1-17-11-10-16-21(17)18(2)22(3)23(19-12-6-4-7-13-19)20-14-8-5-9-15-20/h4-9,12-15,17-18,21H,10-11,16H2,1-3H3/t17?,18-,21?/m0/s1. The fraction of sp³-hybridized carbons (Fsp3) is 0.429. The highest BCUT2D eigenvalue weighted by Crippen LogP contribution is 2.44. The van der Waals surface area contributed by atoms with Crippen LogP contribution in [0.15, 0.2) is 60.7 Å². The van der Waals surface area contributed by atoms with Crippen molar-refractivity contribution in [2.45, 2.75) is 39.2 Å². The van der Waals surface area contributed by atoms with Crippen LogP contribution in [0.1, 0.15) is 33.1 Å². The summed E-state index contributed by atoms with van der Waals surface area (Å²) in [6.45, 7) is 4.88. The number of hydrogen-bond donors (Lipinski definition) is 0. The first-order valence-corrected chi connectivity index (χ1v) is 10.1. The Bertz CT molecular complexity index is 558. The second kappa shape index (κ2) is 7.60. The van der Waals surface area contributed by atoms with Crippen molar-refractivity contribution in [3.05, 3.63) is 60.7 Å². The summed E-state index contributed by atoms with van der Waals surface area (Å²) in [6.07, 6.45) is 4.19. The van der Waals surface area contributed by atoms with Gasteiger partial charge in [0.1, 0.15) is 0 Å². The number of rotatable bonds is 5. The molecule has 1 fully saturated rings. The van der Waals surface area contributed by atoms with Crippen molar-refractivity contribution in [3.63, 3.8) is 0 Å². The first-order chi connectivity index (χ1) is 11.2. The van der Waals surface area contributed by atoms with Gasteiger partial charge in [-0.3, -0.25) is 4.67 Å². The van der Waals surface area contributed by atoms with E-state index in [1.54, 1.807) is 0 Å². The third kappa shape index (κ3) is 3.67. The Morgan fingerprint density at radius 3 is 1.87 bits per heavy atom. The van der Waals surface area contributed by atoms with Crippen LogP contribution in [0.5, 0.6) is 0 Å². The summed E-state index contributed by atoms with van der Waals surface area (Å²) in [4.78, 5) is 0. The lowest BCUT2D eigenvalue weighted by atomic mass is 9.91. The molecule has 23 heavy (non-hydrogen) atoms. The molecule has 0 saturated heterocycles. The zero-order valence-electron chi connectivity index (χ0n) is 14.5. The molecule has 2 unspecified atom stereocenters. The molecule has 2 aromatic carbocycles. The quantitative estimate of drug-likeness (QED) is 0.714. The van der Waals surface area contributed by atoms with E-state index in [-0.39, 0.29) is 0 Å². The lowest BCUT2D eigenvalue weighted by Crippen LogP contribution is -2.38. The Hall–Kier alpha value is -1.17. The maximum Gasteiger partial charge on any atom is 0.0281 e. The van der Waals surface area contributed by atoms with Crippen LogP contribution in [0, 0.1) is 11.8 Å². The number of nitrogens with zero attached hydrogens (tertiary/aromatic N) is 1. The molecule has 0 bridgehead atoms. The van der Waals surface area contributed by atoms with Crippen LogP contribution in [0.2, 0.25) is 0 Å². The molecule has 0 aromatic heterocycles. The molecule has 0 N–H and O–H groups in total. The summed E-state index contributed by atoms with van der Waals surface area (Å²) >= 11 is 0. The van der Waals surface area contributed by atoms with Crippen LogP contribution in [-0.4, -0.2) is 17.8 Å². The molecule has 3 rings (SSSR count). The monoisotopic (exact) mass is 325 g/mol. The Labute approximate surface area is 142 Å². The van der Waals surface area contributed by atoms with E-state index < -0.39 is 8.07 Å². The maximum atomic E-state index is 2.66. The van der Waals surface area contributed by atoms with Crippen molar-refractivity contribution < 1.29 is 0 Å². The molecule has 0 spiro atoms. The molecule has 2 heteroatoms. The third-order valence-electron chi connectivity index (χ3n) is 5.45. The molecular weight excluding hydrogens is 297 g/mol. The van der Waals surface area contributed by atoms with E-state index in [4.69, 9.17) is 0 Å². The van der Waals surface area contributed by atoms with Crippen LogP contribution >= 0.6 is 8.07 Å². The molecule has 1 nitrogen and oxygen atoms in total. The number of hydrogen-bond acceptors (Lipinski definition) is 1. The lowest BCUT2D eigenvalue weighted by Gasteiger charge is -2.38. The molecule has 1 aliphatic rings. The zero-order valence-corrected chi connectivity index (χ0v) is 15.4. The largest absolute Gasteiger partial charge is 0.275 e. The van der Waals surface area contributed by atoms with Gasteiger partial charge in [-0.05, 0) is 42.8 Å². The highest BCUT2D eigenvalue weighted by molar-refractivity contribution is 7.70. The lowest BCUT2D eigenvalue weighted by molar-refractivity contribution is 0.255. The van der Waals surface area contributed by atoms with Crippen LogP contribution < -0.4 is 10.6 Å². The Morgan fingerprint density at radius 2 is 1.43 bits per heavy atom. The van der Waals surface area contributed by atoms with E-state index in [1.807, 2.05) is 0 Å². The van der Waals surface area contributed by atoms with Gasteiger partial charge in [-0.1, -0.05) is 80.4 Å². The molecule has 122 valence electrons. The van der Waals surface area contributed by atoms with Crippen molar-refractivity contribution in [2.24, 2.45) is 11.8 Å². The minimum atomic E-state index is -0.453. The molecule has 3 atom stereocenters. The van der Waals surface area contributed by atoms with Gasteiger partial charge in [0.2, 0.25) is 0 Å². The van der Waals surface area contributed by atoms with E-state index in [0.717, 1.165) is 11.8 Å². The van der Waals surface area contributed by atoms with Gasteiger partial charge in [-0.15, -0.1) is 0 Å². The van der Waals surface area contributed by atoms with E-state index >= 15 is 0 Å². The van der Waals surface area contributed by atoms with Gasteiger partial charge in [-0.2, -0.15) is 0 Å². The highest BCUT2D eigenvalue weighted by atomic mass is 31.1. The summed E-state index contributed by atoms with van der Waals surface area (Å²) < 4.78 is 2.66. The Balaban J connectivity index is 1.92. The molecular formula is C21H28NP. The van der Waals surface area contributed by atoms with E-state index in [9.17, 15) is 0 Å². The summed E-state index contributed by atoms with van der Waals surface area (Å²) in [7, 11) is 1.88. The number of benzene rings is 2. The second-order valence-corrected chi connectivity index (χ2v) is 9.16. The molecule has 0 heterocycles. The third-order valence-corrected chi connectivity index (χ3v) is 8.02. The van der Waals surface area contributed by atoms with Crippen molar-refractivity contribution in [1.82, 2.24) is 4.67 Å². The van der Waals surface area contributed by atoms with Gasteiger partial charge in [-0.25, -0.2) is 0 Å². The average molecular weight is 325 g/mol. The predicted octanol–water partition coefficient (Wildman–Crippen LogP) is 4.79. The predicted molar refractivity (Wildman–Crippen MR) is 103 cm³/mol. The van der Waals surface area contributed by atoms with Crippen molar-refractivity contribution in [3.8, 4) is 0 Å². The zero-order chi connectivity index (χ0) is 16.2. The SMILES string of the molecule is CC1CCCC1[C@H](C)N(C)P(c1ccccc1)c1ccccc1. The van der Waals surface area contributed by atoms with E-state index in [2.05, 4.69) is 86.2 Å². The van der Waals surface area contributed by atoms with E-state index in [1.165, 1.54) is 29.9 Å². The van der Waals surface area contributed by atoms with Gasteiger partial charge in [0.15, 0.2) is 0 Å². The topological polar surface area (TPSA) is 3.24 Å². The van der Waals surface area contributed by atoms with Crippen LogP contribution in [-0.2, 0) is 0 Å². The van der Waals surface area contributed by atoms with Crippen LogP contribution in [0.3, 0.4) is 0 Å². The fourth-order valence-electron chi connectivity index (χ4n) is 4.00. The van der Waals surface area contributed by atoms with Gasteiger partial charge in [0.05, 0.1) is 0 Å². The van der Waals surface area contributed by atoms with Gasteiger partial charge in [0.25, 0.3) is 0 Å². The average Bonchev–Trinajstić information content (AvgIpc) is 3.02. The Kier molecular flexibility index (Phi) is 5.51. The molecule has 2 aromatic rings. The highest BCUT2D eigenvalue weighted by Gasteiger charge is 2.33. The summed E-state index contributed by atoms with van der Waals surface area (Å²) in [6, 6.07) is 22.7. The van der Waals surface area contributed by atoms with Crippen molar-refractivity contribution in [2.75, 3.05) is 7.05 Å². The fourth-order valence-corrected chi connectivity index (χ4v) is 6.47. The normalized spacial score (nSPS) is 22.7. The summed E-state index contributed by atoms with van der Waals surface area (Å²) in [5.41, 5.74) is 0. The van der Waals surface area contributed by atoms with Crippen LogP contribution in [0.4, 0.5) is 0 Å². The molecule has 1 saturated carbocycles.